The van der Waals surface area contributed by atoms with Crippen LogP contribution in [0.25, 0.3) is 0 Å². The van der Waals surface area contributed by atoms with Gasteiger partial charge < -0.3 is 15.4 Å². The summed E-state index contributed by atoms with van der Waals surface area (Å²) in [4.78, 5) is 22.9. The van der Waals surface area contributed by atoms with Crippen LogP contribution >= 0.6 is 0 Å². The Bertz CT molecular complexity index is 484. The second kappa shape index (κ2) is 6.52. The summed E-state index contributed by atoms with van der Waals surface area (Å²) in [5, 5.41) is 5.59. The number of carbonyl (C=O) groups excluding carboxylic acids is 2. The van der Waals surface area contributed by atoms with Crippen LogP contribution < -0.4 is 10.6 Å². The Kier molecular flexibility index (Phi) is 4.74. The highest BCUT2D eigenvalue weighted by Crippen LogP contribution is 2.19. The number of amides is 2. The van der Waals surface area contributed by atoms with Crippen molar-refractivity contribution in [2.75, 3.05) is 18.5 Å². The van der Waals surface area contributed by atoms with Gasteiger partial charge in [-0.3, -0.25) is 4.79 Å². The van der Waals surface area contributed by atoms with E-state index >= 15 is 0 Å². The van der Waals surface area contributed by atoms with E-state index in [0.717, 1.165) is 13.0 Å². The van der Waals surface area contributed by atoms with Crippen LogP contribution in [-0.4, -0.2) is 31.1 Å². The number of hydrogen-bond acceptors (Lipinski definition) is 3. The molecular weight excluding hydrogens is 256 g/mol. The third-order valence-electron chi connectivity index (χ3n) is 3.61. The standard InChI is InChI=1S/C15H20N2O3/c1-10(18)12-3-5-14(6-4-12)17-15(19)16-9-13-7-8-20-11(13)2/h3-6,11,13H,7-9H2,1-2H3,(H2,16,17,19). The molecule has 1 saturated heterocycles. The summed E-state index contributed by atoms with van der Waals surface area (Å²) in [5.41, 5.74) is 1.30. The maximum atomic E-state index is 11.8. The van der Waals surface area contributed by atoms with Gasteiger partial charge in [0.05, 0.1) is 6.10 Å². The van der Waals surface area contributed by atoms with E-state index in [1.165, 1.54) is 6.92 Å². The van der Waals surface area contributed by atoms with E-state index in [2.05, 4.69) is 10.6 Å². The lowest BCUT2D eigenvalue weighted by molar-refractivity contribution is 0.101. The molecule has 1 aliphatic heterocycles. The van der Waals surface area contributed by atoms with Crippen molar-refractivity contribution in [3.8, 4) is 0 Å². The van der Waals surface area contributed by atoms with Gasteiger partial charge in [-0.15, -0.1) is 0 Å². The van der Waals surface area contributed by atoms with Crippen molar-refractivity contribution >= 4 is 17.5 Å². The summed E-state index contributed by atoms with van der Waals surface area (Å²) in [7, 11) is 0. The topological polar surface area (TPSA) is 67.4 Å². The minimum Gasteiger partial charge on any atom is -0.378 e. The molecular formula is C15H20N2O3. The quantitative estimate of drug-likeness (QED) is 0.830. The maximum absolute atomic E-state index is 11.8. The molecule has 1 fully saturated rings. The van der Waals surface area contributed by atoms with Crippen molar-refractivity contribution in [3.05, 3.63) is 29.8 Å². The van der Waals surface area contributed by atoms with Gasteiger partial charge in [-0.05, 0) is 44.5 Å². The zero-order valence-electron chi connectivity index (χ0n) is 11.8. The predicted molar refractivity (Wildman–Crippen MR) is 77.0 cm³/mol. The lowest BCUT2D eigenvalue weighted by atomic mass is 10.0. The molecule has 1 heterocycles. The first kappa shape index (κ1) is 14.5. The minimum atomic E-state index is -0.236. The minimum absolute atomic E-state index is 0.0104. The number of hydrogen-bond donors (Lipinski definition) is 2. The molecule has 0 aliphatic carbocycles. The lowest BCUT2D eigenvalue weighted by Gasteiger charge is -2.15. The van der Waals surface area contributed by atoms with Gasteiger partial charge in [0, 0.05) is 30.3 Å². The van der Waals surface area contributed by atoms with Crippen molar-refractivity contribution in [2.45, 2.75) is 26.4 Å². The average molecular weight is 276 g/mol. The average Bonchev–Trinajstić information content (AvgIpc) is 2.82. The summed E-state index contributed by atoms with van der Waals surface area (Å²) < 4.78 is 5.45. The number of nitrogens with one attached hydrogen (secondary N) is 2. The Morgan fingerprint density at radius 3 is 2.55 bits per heavy atom. The van der Waals surface area contributed by atoms with E-state index in [1.807, 2.05) is 6.92 Å². The first-order valence-electron chi connectivity index (χ1n) is 6.83. The van der Waals surface area contributed by atoms with E-state index in [4.69, 9.17) is 4.74 Å². The smallest absolute Gasteiger partial charge is 0.319 e. The predicted octanol–water partition coefficient (Wildman–Crippen LogP) is 2.44. The first-order chi connectivity index (χ1) is 9.56. The summed E-state index contributed by atoms with van der Waals surface area (Å²) in [6.07, 6.45) is 1.18. The maximum Gasteiger partial charge on any atom is 0.319 e. The van der Waals surface area contributed by atoms with Crippen LogP contribution in [0.5, 0.6) is 0 Å². The highest BCUT2D eigenvalue weighted by molar-refractivity contribution is 5.95. The van der Waals surface area contributed by atoms with Crippen LogP contribution in [-0.2, 0) is 4.74 Å². The first-order valence-corrected chi connectivity index (χ1v) is 6.83. The van der Waals surface area contributed by atoms with Crippen molar-refractivity contribution in [3.63, 3.8) is 0 Å². The Morgan fingerprint density at radius 1 is 1.30 bits per heavy atom. The number of ether oxygens (including phenoxy) is 1. The van der Waals surface area contributed by atoms with E-state index in [9.17, 15) is 9.59 Å². The molecule has 2 amide bonds. The van der Waals surface area contributed by atoms with Gasteiger partial charge in [-0.1, -0.05) is 0 Å². The van der Waals surface area contributed by atoms with E-state index in [-0.39, 0.29) is 17.9 Å². The molecule has 2 unspecified atom stereocenters. The van der Waals surface area contributed by atoms with Gasteiger partial charge in [0.2, 0.25) is 0 Å². The number of Topliss-reactive ketones (excluding diaryl/α,β-unsaturated/α-hetero) is 1. The zero-order valence-corrected chi connectivity index (χ0v) is 11.8. The van der Waals surface area contributed by atoms with Crippen LogP contribution in [0, 0.1) is 5.92 Å². The molecule has 2 atom stereocenters. The SMILES string of the molecule is CC(=O)c1ccc(NC(=O)NCC2CCOC2C)cc1. The van der Waals surface area contributed by atoms with E-state index in [1.54, 1.807) is 24.3 Å². The molecule has 20 heavy (non-hydrogen) atoms. The Labute approximate surface area is 118 Å². The molecule has 0 aromatic heterocycles. The summed E-state index contributed by atoms with van der Waals surface area (Å²) in [6.45, 7) is 4.91. The number of urea groups is 1. The number of rotatable bonds is 4. The molecule has 1 aromatic rings. The molecule has 1 aliphatic rings. The largest absolute Gasteiger partial charge is 0.378 e. The highest BCUT2D eigenvalue weighted by atomic mass is 16.5. The molecule has 0 spiro atoms. The molecule has 2 N–H and O–H groups in total. The normalized spacial score (nSPS) is 21.5. The van der Waals surface area contributed by atoms with Gasteiger partial charge >= 0.3 is 6.03 Å². The van der Waals surface area contributed by atoms with Crippen molar-refractivity contribution < 1.29 is 14.3 Å². The summed E-state index contributed by atoms with van der Waals surface area (Å²) in [5.74, 6) is 0.386. The van der Waals surface area contributed by atoms with Gasteiger partial charge in [0.1, 0.15) is 0 Å². The monoisotopic (exact) mass is 276 g/mol. The van der Waals surface area contributed by atoms with Crippen LogP contribution in [0.2, 0.25) is 0 Å². The second-order valence-electron chi connectivity index (χ2n) is 5.09. The number of ketones is 1. The summed E-state index contributed by atoms with van der Waals surface area (Å²) >= 11 is 0. The van der Waals surface area contributed by atoms with Crippen LogP contribution in [0.15, 0.2) is 24.3 Å². The van der Waals surface area contributed by atoms with Crippen molar-refractivity contribution in [2.24, 2.45) is 5.92 Å². The van der Waals surface area contributed by atoms with E-state index < -0.39 is 0 Å². The molecule has 1 aromatic carbocycles. The number of anilines is 1. The molecule has 2 rings (SSSR count). The molecule has 0 bridgehead atoms. The third-order valence-corrected chi connectivity index (χ3v) is 3.61. The van der Waals surface area contributed by atoms with Crippen LogP contribution in [0.4, 0.5) is 10.5 Å². The van der Waals surface area contributed by atoms with Gasteiger partial charge in [0.15, 0.2) is 5.78 Å². The number of benzene rings is 1. The summed E-state index contributed by atoms with van der Waals surface area (Å²) in [6, 6.07) is 6.60. The Balaban J connectivity index is 1.80. The van der Waals surface area contributed by atoms with E-state index in [0.29, 0.717) is 23.7 Å². The fraction of sp³-hybridized carbons (Fsp3) is 0.467. The second-order valence-corrected chi connectivity index (χ2v) is 5.09. The number of carbonyl (C=O) groups is 2. The highest BCUT2D eigenvalue weighted by Gasteiger charge is 2.24. The molecule has 0 radical (unpaired) electrons. The van der Waals surface area contributed by atoms with Crippen LogP contribution in [0.3, 0.4) is 0 Å². The lowest BCUT2D eigenvalue weighted by Crippen LogP contribution is -2.35. The third kappa shape index (κ3) is 3.81. The molecule has 108 valence electrons. The Morgan fingerprint density at radius 2 is 2.00 bits per heavy atom. The van der Waals surface area contributed by atoms with Gasteiger partial charge in [-0.2, -0.15) is 0 Å². The fourth-order valence-corrected chi connectivity index (χ4v) is 2.23. The van der Waals surface area contributed by atoms with Gasteiger partial charge in [0.25, 0.3) is 0 Å². The molecule has 0 saturated carbocycles. The van der Waals surface area contributed by atoms with Crippen LogP contribution in [0.1, 0.15) is 30.6 Å². The Hall–Kier alpha value is -1.88. The fourth-order valence-electron chi connectivity index (χ4n) is 2.23. The van der Waals surface area contributed by atoms with Crippen molar-refractivity contribution in [1.82, 2.24) is 5.32 Å². The molecule has 5 heteroatoms. The van der Waals surface area contributed by atoms with Crippen molar-refractivity contribution in [1.29, 1.82) is 0 Å². The molecule has 5 nitrogen and oxygen atoms in total. The van der Waals surface area contributed by atoms with Gasteiger partial charge in [-0.25, -0.2) is 4.79 Å². The zero-order chi connectivity index (χ0) is 14.5.